The van der Waals surface area contributed by atoms with Gasteiger partial charge < -0.3 is 24.9 Å². The van der Waals surface area contributed by atoms with Gasteiger partial charge in [0.15, 0.2) is 0 Å². The number of aryl methyl sites for hydroxylation is 1. The Morgan fingerprint density at radius 2 is 1.97 bits per heavy atom. The van der Waals surface area contributed by atoms with E-state index in [1.807, 2.05) is 31.5 Å². The highest BCUT2D eigenvalue weighted by molar-refractivity contribution is 7.98. The van der Waals surface area contributed by atoms with E-state index in [0.29, 0.717) is 35.4 Å². The van der Waals surface area contributed by atoms with E-state index in [1.165, 1.54) is 25.7 Å². The molecule has 9 heteroatoms. The lowest BCUT2D eigenvalue weighted by Crippen LogP contribution is -2.51. The second-order valence-corrected chi connectivity index (χ2v) is 11.7. The number of hydrogen-bond donors (Lipinski definition) is 3. The van der Waals surface area contributed by atoms with E-state index in [2.05, 4.69) is 57.2 Å². The molecule has 1 aliphatic heterocycles. The van der Waals surface area contributed by atoms with Gasteiger partial charge in [0.2, 0.25) is 6.19 Å². The molecule has 3 aromatic rings. The molecule has 8 nitrogen and oxygen atoms in total. The van der Waals surface area contributed by atoms with Gasteiger partial charge in [-0.1, -0.05) is 18.2 Å². The van der Waals surface area contributed by atoms with Crippen molar-refractivity contribution in [2.24, 2.45) is 10.9 Å². The summed E-state index contributed by atoms with van der Waals surface area (Å²) >= 11 is 1.54. The van der Waals surface area contributed by atoms with Crippen LogP contribution in [-0.4, -0.2) is 46.9 Å². The normalized spacial score (nSPS) is 20.9. The lowest BCUT2D eigenvalue weighted by Gasteiger charge is -2.37. The molecule has 3 heterocycles. The van der Waals surface area contributed by atoms with E-state index < -0.39 is 0 Å². The van der Waals surface area contributed by atoms with Gasteiger partial charge in [-0.05, 0) is 70.8 Å². The summed E-state index contributed by atoms with van der Waals surface area (Å²) in [6.07, 6.45) is 8.68. The van der Waals surface area contributed by atoms with Crippen LogP contribution in [0.4, 0.5) is 0 Å². The van der Waals surface area contributed by atoms with Crippen LogP contribution in [0.1, 0.15) is 61.2 Å². The number of aliphatic imine (C=N–C) groups is 1. The third-order valence-corrected chi connectivity index (χ3v) is 9.21. The number of pyridine rings is 1. The van der Waals surface area contributed by atoms with Gasteiger partial charge in [0.25, 0.3) is 5.56 Å². The zero-order chi connectivity index (χ0) is 27.5. The molecule has 0 radical (unpaired) electrons. The number of aromatic amines is 1. The van der Waals surface area contributed by atoms with Crippen molar-refractivity contribution in [1.82, 2.24) is 20.2 Å². The summed E-state index contributed by atoms with van der Waals surface area (Å²) in [5.41, 5.74) is 4.51. The summed E-state index contributed by atoms with van der Waals surface area (Å²) in [5, 5.41) is 17.8. The molecule has 2 aromatic heterocycles. The van der Waals surface area contributed by atoms with E-state index in [1.54, 1.807) is 11.8 Å². The van der Waals surface area contributed by atoms with Crippen molar-refractivity contribution in [3.05, 3.63) is 63.2 Å². The predicted octanol–water partition coefficient (Wildman–Crippen LogP) is 4.79. The van der Waals surface area contributed by atoms with Crippen LogP contribution in [0.3, 0.4) is 0 Å². The molecule has 2 aliphatic rings. The number of hydrogen-bond acceptors (Lipinski definition) is 6. The predicted molar refractivity (Wildman–Crippen MR) is 157 cm³/mol. The Kier molecular flexibility index (Phi) is 8.46. The smallest absolute Gasteiger partial charge is 0.254 e. The highest BCUT2D eigenvalue weighted by Crippen LogP contribution is 2.38. The monoisotopic (exact) mass is 546 g/mol. The largest absolute Gasteiger partial charge is 0.378 e. The van der Waals surface area contributed by atoms with E-state index in [9.17, 15) is 10.1 Å². The van der Waals surface area contributed by atoms with Crippen LogP contribution in [0.2, 0.25) is 0 Å². The van der Waals surface area contributed by atoms with Crippen molar-refractivity contribution in [2.45, 2.75) is 76.0 Å². The first-order valence-corrected chi connectivity index (χ1v) is 15.0. The molecular weight excluding hydrogens is 508 g/mol. The molecule has 1 aromatic carbocycles. The maximum Gasteiger partial charge on any atom is 0.254 e. The van der Waals surface area contributed by atoms with Crippen LogP contribution in [0.15, 0.2) is 45.0 Å². The highest BCUT2D eigenvalue weighted by Gasteiger charge is 2.31. The standard InChI is InChI=1S/C30H38N6O2S/c1-18-13-27(39-4)25(30(37)34-18)14-32-29(33-17-31)28-20(3)36(26-8-6-5-7-24(26)28)19(2)21-9-11-22(12-10-21)35-23-15-38-16-23/h5-8,13,19,21-23,35H,9-12,14-16H2,1-4H3,(H,32,33)(H,34,37)/t19-,21?,22?/m1/s1. The SMILES string of the molecule is CSc1cc(C)[nH]c(=O)c1CN/C(=N/C#N)c1c(C)n([C@H](C)C2CCC(NC3COC3)CC2)c2ccccc12. The minimum atomic E-state index is -0.120. The first-order valence-electron chi connectivity index (χ1n) is 13.8. The summed E-state index contributed by atoms with van der Waals surface area (Å²) in [7, 11) is 0. The van der Waals surface area contributed by atoms with Crippen molar-refractivity contribution in [3.63, 3.8) is 0 Å². The number of rotatable bonds is 8. The molecule has 0 bridgehead atoms. The maximum atomic E-state index is 12.7. The van der Waals surface area contributed by atoms with Crippen molar-refractivity contribution < 1.29 is 4.74 Å². The van der Waals surface area contributed by atoms with Gasteiger partial charge in [0, 0.05) is 56.9 Å². The lowest BCUT2D eigenvalue weighted by atomic mass is 9.81. The first-order chi connectivity index (χ1) is 18.9. The molecule has 0 spiro atoms. The molecule has 206 valence electrons. The van der Waals surface area contributed by atoms with E-state index in [4.69, 9.17) is 4.74 Å². The summed E-state index contributed by atoms with van der Waals surface area (Å²) in [6.45, 7) is 8.29. The van der Waals surface area contributed by atoms with Crippen molar-refractivity contribution in [1.29, 1.82) is 5.26 Å². The number of amidine groups is 1. The molecule has 0 unspecified atom stereocenters. The average molecular weight is 547 g/mol. The summed E-state index contributed by atoms with van der Waals surface area (Å²) in [4.78, 5) is 20.8. The van der Waals surface area contributed by atoms with E-state index >= 15 is 0 Å². The minimum absolute atomic E-state index is 0.120. The number of fused-ring (bicyclic) bond motifs is 1. The topological polar surface area (TPSA) is 107 Å². The maximum absolute atomic E-state index is 12.7. The van der Waals surface area contributed by atoms with Gasteiger partial charge in [-0.2, -0.15) is 10.3 Å². The molecule has 3 N–H and O–H groups in total. The molecule has 1 saturated heterocycles. The quantitative estimate of drug-likeness (QED) is 0.162. The van der Waals surface area contributed by atoms with Crippen LogP contribution < -0.4 is 16.2 Å². The van der Waals surface area contributed by atoms with Gasteiger partial charge in [0.05, 0.1) is 19.3 Å². The molecule has 0 amide bonds. The number of benzene rings is 1. The molecule has 1 saturated carbocycles. The van der Waals surface area contributed by atoms with E-state index in [0.717, 1.165) is 46.0 Å². The van der Waals surface area contributed by atoms with Crippen LogP contribution in [0.5, 0.6) is 0 Å². The summed E-state index contributed by atoms with van der Waals surface area (Å²) in [6, 6.07) is 11.7. The van der Waals surface area contributed by atoms with Gasteiger partial charge in [0.1, 0.15) is 5.84 Å². The molecule has 2 fully saturated rings. The first kappa shape index (κ1) is 27.5. The second-order valence-electron chi connectivity index (χ2n) is 10.8. The Morgan fingerprint density at radius 1 is 1.23 bits per heavy atom. The second kappa shape index (κ2) is 12.0. The fourth-order valence-corrected chi connectivity index (χ4v) is 7.01. The van der Waals surface area contributed by atoms with Gasteiger partial charge >= 0.3 is 0 Å². The Morgan fingerprint density at radius 3 is 2.64 bits per heavy atom. The van der Waals surface area contributed by atoms with Gasteiger partial charge in [-0.15, -0.1) is 11.8 Å². The number of H-pyrrole nitrogens is 1. The van der Waals surface area contributed by atoms with Crippen LogP contribution in [-0.2, 0) is 11.3 Å². The fraction of sp³-hybridized carbons (Fsp3) is 0.500. The van der Waals surface area contributed by atoms with Crippen molar-refractivity contribution in [3.8, 4) is 6.19 Å². The van der Waals surface area contributed by atoms with Crippen molar-refractivity contribution >= 4 is 28.5 Å². The molecule has 1 aliphatic carbocycles. The number of ether oxygens (including phenoxy) is 1. The number of aromatic nitrogens is 2. The number of nitrogens with one attached hydrogen (secondary N) is 3. The average Bonchev–Trinajstić information content (AvgIpc) is 3.20. The number of nitriles is 1. The Balaban J connectivity index is 1.42. The van der Waals surface area contributed by atoms with Crippen molar-refractivity contribution in [2.75, 3.05) is 19.5 Å². The van der Waals surface area contributed by atoms with Gasteiger partial charge in [-0.25, -0.2) is 0 Å². The number of para-hydroxylation sites is 1. The number of thioether (sulfide) groups is 1. The van der Waals surface area contributed by atoms with E-state index in [-0.39, 0.29) is 12.1 Å². The lowest BCUT2D eigenvalue weighted by molar-refractivity contribution is -0.0130. The summed E-state index contributed by atoms with van der Waals surface area (Å²) in [5.74, 6) is 1.07. The van der Waals surface area contributed by atoms with Crippen LogP contribution in [0.25, 0.3) is 10.9 Å². The summed E-state index contributed by atoms with van der Waals surface area (Å²) < 4.78 is 7.77. The van der Waals surface area contributed by atoms with Crippen LogP contribution >= 0.6 is 11.8 Å². The molecule has 39 heavy (non-hydrogen) atoms. The molecule has 1 atom stereocenters. The molecular formula is C30H38N6O2S. The minimum Gasteiger partial charge on any atom is -0.378 e. The molecule has 5 rings (SSSR count). The Bertz CT molecular complexity index is 1460. The van der Waals surface area contributed by atoms with Crippen LogP contribution in [0, 0.1) is 31.2 Å². The highest BCUT2D eigenvalue weighted by atomic mass is 32.2. The zero-order valence-electron chi connectivity index (χ0n) is 23.2. The third-order valence-electron chi connectivity index (χ3n) is 8.41. The zero-order valence-corrected chi connectivity index (χ0v) is 24.0. The Labute approximate surface area is 234 Å². The fourth-order valence-electron chi connectivity index (χ4n) is 6.30. The Hall–Kier alpha value is -3.06. The van der Waals surface area contributed by atoms with Gasteiger partial charge in [-0.3, -0.25) is 4.79 Å². The third kappa shape index (κ3) is 5.65. The number of nitrogens with zero attached hydrogens (tertiary/aromatic N) is 3.